The molecule has 1 rings (SSSR count). The number of aromatic nitrogens is 3. The lowest BCUT2D eigenvalue weighted by Crippen LogP contribution is -2.20. The van der Waals surface area contributed by atoms with Crippen LogP contribution in [-0.2, 0) is 22.6 Å². The van der Waals surface area contributed by atoms with E-state index in [1.54, 1.807) is 4.68 Å². The van der Waals surface area contributed by atoms with Crippen LogP contribution in [0.25, 0.3) is 0 Å². The zero-order valence-corrected chi connectivity index (χ0v) is 14.6. The van der Waals surface area contributed by atoms with Gasteiger partial charge in [-0.1, -0.05) is 39.8 Å². The number of rotatable bonds is 9. The molecule has 0 saturated carbocycles. The number of carbonyl (C=O) groups excluding carboxylic acids is 2. The van der Waals surface area contributed by atoms with Crippen LogP contribution in [0, 0.1) is 11.3 Å². The normalized spacial score (nSPS) is 13.1. The third-order valence-corrected chi connectivity index (χ3v) is 4.00. The molecular weight excluding hydrogens is 278 g/mol. The van der Waals surface area contributed by atoms with Crippen molar-refractivity contribution in [3.63, 3.8) is 0 Å². The lowest BCUT2D eigenvalue weighted by molar-refractivity contribution is -0.126. The summed E-state index contributed by atoms with van der Waals surface area (Å²) in [6.07, 6.45) is 5.27. The molecule has 0 amide bonds. The van der Waals surface area contributed by atoms with Crippen molar-refractivity contribution in [3.05, 3.63) is 11.9 Å². The largest absolute Gasteiger partial charge is 0.299 e. The van der Waals surface area contributed by atoms with Crippen LogP contribution < -0.4 is 0 Å². The summed E-state index contributed by atoms with van der Waals surface area (Å²) in [7, 11) is 0. The predicted octanol–water partition coefficient (Wildman–Crippen LogP) is 3.22. The van der Waals surface area contributed by atoms with Gasteiger partial charge < -0.3 is 0 Å². The highest BCUT2D eigenvalue weighted by Gasteiger charge is 2.20. The molecule has 1 heterocycles. The topological polar surface area (TPSA) is 64.8 Å². The average molecular weight is 307 g/mol. The highest BCUT2D eigenvalue weighted by atomic mass is 16.1. The van der Waals surface area contributed by atoms with Gasteiger partial charge in [0.15, 0.2) is 0 Å². The number of Topliss-reactive ketones (excluding diaryl/α,β-unsaturated/α-hetero) is 2. The van der Waals surface area contributed by atoms with Crippen LogP contribution in [0.5, 0.6) is 0 Å². The molecule has 0 aliphatic carbocycles. The van der Waals surface area contributed by atoms with E-state index in [-0.39, 0.29) is 17.1 Å². The quantitative estimate of drug-likeness (QED) is 0.702. The molecule has 124 valence electrons. The molecule has 1 unspecified atom stereocenters. The summed E-state index contributed by atoms with van der Waals surface area (Å²) in [6.45, 7) is 10.5. The average Bonchev–Trinajstić information content (AvgIpc) is 2.90. The highest BCUT2D eigenvalue weighted by Crippen LogP contribution is 2.17. The van der Waals surface area contributed by atoms with Gasteiger partial charge in [0.25, 0.3) is 0 Å². The second kappa shape index (κ2) is 8.20. The minimum Gasteiger partial charge on any atom is -0.299 e. The third-order valence-electron chi connectivity index (χ3n) is 4.00. The Morgan fingerprint density at radius 3 is 2.55 bits per heavy atom. The SMILES string of the molecule is CCC(C)C(=O)CCCn1cc(CCC(=O)C(C)(C)C)nn1. The van der Waals surface area contributed by atoms with E-state index < -0.39 is 0 Å². The van der Waals surface area contributed by atoms with Gasteiger partial charge in [-0.25, -0.2) is 0 Å². The van der Waals surface area contributed by atoms with Gasteiger partial charge in [0.1, 0.15) is 11.6 Å². The number of nitrogens with zero attached hydrogens (tertiary/aromatic N) is 3. The molecule has 0 aromatic carbocycles. The molecule has 0 fully saturated rings. The summed E-state index contributed by atoms with van der Waals surface area (Å²) in [5.41, 5.74) is 0.539. The minimum absolute atomic E-state index is 0.148. The zero-order chi connectivity index (χ0) is 16.8. The van der Waals surface area contributed by atoms with E-state index in [0.717, 1.165) is 18.5 Å². The summed E-state index contributed by atoms with van der Waals surface area (Å²) in [4.78, 5) is 23.6. The maximum atomic E-state index is 11.9. The van der Waals surface area contributed by atoms with Crippen molar-refractivity contribution in [3.8, 4) is 0 Å². The Morgan fingerprint density at radius 1 is 1.27 bits per heavy atom. The standard InChI is InChI=1S/C17H29N3O2/c1-6-13(2)15(21)8-7-11-20-12-14(18-19-20)9-10-16(22)17(3,4)5/h12-13H,6-11H2,1-5H3. The summed E-state index contributed by atoms with van der Waals surface area (Å²) < 4.78 is 1.76. The van der Waals surface area contributed by atoms with Crippen LogP contribution in [0.3, 0.4) is 0 Å². The summed E-state index contributed by atoms with van der Waals surface area (Å²) in [5, 5.41) is 8.16. The van der Waals surface area contributed by atoms with Crippen LogP contribution in [0.4, 0.5) is 0 Å². The van der Waals surface area contributed by atoms with Crippen molar-refractivity contribution in [1.82, 2.24) is 15.0 Å². The Bertz CT molecular complexity index is 500. The number of aryl methyl sites for hydroxylation is 2. The van der Waals surface area contributed by atoms with E-state index in [1.807, 2.05) is 40.8 Å². The van der Waals surface area contributed by atoms with E-state index in [4.69, 9.17) is 0 Å². The number of carbonyl (C=O) groups is 2. The van der Waals surface area contributed by atoms with Gasteiger partial charge in [0, 0.05) is 43.3 Å². The fraction of sp³-hybridized carbons (Fsp3) is 0.765. The summed E-state index contributed by atoms with van der Waals surface area (Å²) >= 11 is 0. The van der Waals surface area contributed by atoms with Crippen molar-refractivity contribution in [2.75, 3.05) is 0 Å². The van der Waals surface area contributed by atoms with Gasteiger partial charge in [-0.05, 0) is 12.8 Å². The Labute approximate surface area is 133 Å². The Hall–Kier alpha value is -1.52. The number of hydrogen-bond donors (Lipinski definition) is 0. The molecule has 0 bridgehead atoms. The third kappa shape index (κ3) is 6.08. The van der Waals surface area contributed by atoms with Crippen LogP contribution in [0.15, 0.2) is 6.20 Å². The molecule has 1 atom stereocenters. The first-order valence-electron chi connectivity index (χ1n) is 8.19. The first kappa shape index (κ1) is 18.5. The second-order valence-corrected chi connectivity index (χ2v) is 7.03. The van der Waals surface area contributed by atoms with E-state index in [9.17, 15) is 9.59 Å². The Morgan fingerprint density at radius 2 is 1.95 bits per heavy atom. The molecule has 0 saturated heterocycles. The van der Waals surface area contributed by atoms with Crippen molar-refractivity contribution in [2.45, 2.75) is 73.3 Å². The van der Waals surface area contributed by atoms with Crippen LogP contribution in [0.2, 0.25) is 0 Å². The van der Waals surface area contributed by atoms with E-state index in [0.29, 0.717) is 31.6 Å². The van der Waals surface area contributed by atoms with Crippen molar-refractivity contribution in [1.29, 1.82) is 0 Å². The molecule has 0 spiro atoms. The minimum atomic E-state index is -0.299. The molecule has 0 aliphatic rings. The Balaban J connectivity index is 2.36. The molecule has 0 aliphatic heterocycles. The molecule has 5 heteroatoms. The number of hydrogen-bond acceptors (Lipinski definition) is 4. The summed E-state index contributed by atoms with van der Waals surface area (Å²) in [5.74, 6) is 0.703. The van der Waals surface area contributed by atoms with Crippen molar-refractivity contribution in [2.24, 2.45) is 11.3 Å². The Kier molecular flexibility index (Phi) is 6.91. The predicted molar refractivity (Wildman–Crippen MR) is 86.5 cm³/mol. The first-order chi connectivity index (χ1) is 10.2. The van der Waals surface area contributed by atoms with Gasteiger partial charge >= 0.3 is 0 Å². The monoisotopic (exact) mass is 307 g/mol. The maximum Gasteiger partial charge on any atom is 0.138 e. The molecule has 22 heavy (non-hydrogen) atoms. The molecular formula is C17H29N3O2. The first-order valence-corrected chi connectivity index (χ1v) is 8.19. The molecule has 1 aromatic heterocycles. The van der Waals surface area contributed by atoms with Gasteiger partial charge in [-0.3, -0.25) is 14.3 Å². The van der Waals surface area contributed by atoms with Crippen LogP contribution in [0.1, 0.15) is 66.0 Å². The van der Waals surface area contributed by atoms with Gasteiger partial charge in [-0.2, -0.15) is 0 Å². The van der Waals surface area contributed by atoms with Crippen molar-refractivity contribution >= 4 is 11.6 Å². The fourth-order valence-corrected chi connectivity index (χ4v) is 2.07. The lowest BCUT2D eigenvalue weighted by atomic mass is 9.88. The van der Waals surface area contributed by atoms with Crippen molar-refractivity contribution < 1.29 is 9.59 Å². The molecule has 1 aromatic rings. The lowest BCUT2D eigenvalue weighted by Gasteiger charge is -2.15. The molecule has 5 nitrogen and oxygen atoms in total. The van der Waals surface area contributed by atoms with Gasteiger partial charge in [-0.15, -0.1) is 5.10 Å². The fourth-order valence-electron chi connectivity index (χ4n) is 2.07. The van der Waals surface area contributed by atoms with E-state index >= 15 is 0 Å². The van der Waals surface area contributed by atoms with E-state index in [2.05, 4.69) is 10.3 Å². The molecule has 0 N–H and O–H groups in total. The van der Waals surface area contributed by atoms with E-state index in [1.165, 1.54) is 0 Å². The van der Waals surface area contributed by atoms with Crippen LogP contribution >= 0.6 is 0 Å². The zero-order valence-electron chi connectivity index (χ0n) is 14.6. The summed E-state index contributed by atoms with van der Waals surface area (Å²) in [6, 6.07) is 0. The highest BCUT2D eigenvalue weighted by molar-refractivity contribution is 5.83. The smallest absolute Gasteiger partial charge is 0.138 e. The number of ketones is 2. The van der Waals surface area contributed by atoms with Crippen LogP contribution in [-0.4, -0.2) is 26.6 Å². The van der Waals surface area contributed by atoms with Gasteiger partial charge in [0.05, 0.1) is 5.69 Å². The molecule has 0 radical (unpaired) electrons. The van der Waals surface area contributed by atoms with Gasteiger partial charge in [0.2, 0.25) is 0 Å². The second-order valence-electron chi connectivity index (χ2n) is 7.03. The maximum absolute atomic E-state index is 11.9.